The molecule has 11 nitrogen and oxygen atoms in total. The Kier molecular flexibility index (Phi) is 7.35. The minimum atomic E-state index is -2.73. The van der Waals surface area contributed by atoms with Crippen molar-refractivity contribution >= 4 is 31.6 Å². The molecule has 2 heterocycles. The highest BCUT2D eigenvalue weighted by Crippen LogP contribution is 2.55. The summed E-state index contributed by atoms with van der Waals surface area (Å²) in [4.78, 5) is 41.2. The molecule has 2 saturated heterocycles. The number of fused-ring (bicyclic) bond motifs is 1. The third-order valence-corrected chi connectivity index (χ3v) is 12.5. The van der Waals surface area contributed by atoms with Crippen LogP contribution in [0.25, 0.3) is 5.53 Å². The number of nitro groups is 1. The Morgan fingerprint density at radius 1 is 1.10 bits per heavy atom. The molecule has 12 heteroatoms. The smallest absolute Gasteiger partial charge is 0.428 e. The van der Waals surface area contributed by atoms with E-state index in [0.29, 0.717) is 5.56 Å². The van der Waals surface area contributed by atoms with Crippen LogP contribution in [-0.4, -0.2) is 58.5 Å². The van der Waals surface area contributed by atoms with E-state index in [2.05, 4.69) is 4.79 Å². The summed E-state index contributed by atoms with van der Waals surface area (Å²) in [5.74, 6) is -1.23. The standard InChI is InChI=1S/C27H33N5O6Si/c1-26(2,3)39(5,6)38-27(24(29-28)25(34)37-4)17-22(19-12-14-20(15-13-19)32(35)36)30-21(16-23(33)31(27)30)18-10-8-7-9-11-18/h7-15,21-22H,16-17H2,1-6H3/t21-,22+,27-/m1/s1. The zero-order valence-corrected chi connectivity index (χ0v) is 24.0. The van der Waals surface area contributed by atoms with E-state index in [0.717, 1.165) is 5.56 Å². The van der Waals surface area contributed by atoms with Crippen LogP contribution in [0.3, 0.4) is 0 Å². The number of hydrazine groups is 1. The van der Waals surface area contributed by atoms with Gasteiger partial charge in [-0.15, -0.1) is 0 Å². The molecular weight excluding hydrogens is 518 g/mol. The van der Waals surface area contributed by atoms with Crippen molar-refractivity contribution in [1.29, 1.82) is 0 Å². The molecule has 0 N–H and O–H groups in total. The number of rotatable bonds is 7. The first-order valence-corrected chi connectivity index (χ1v) is 15.6. The number of carbonyl (C=O) groups excluding carboxylic acids is 2. The fraction of sp³-hybridized carbons (Fsp3) is 0.444. The molecule has 0 unspecified atom stereocenters. The molecule has 2 aliphatic rings. The number of benzene rings is 2. The SMILES string of the molecule is COC(=O)C(=[N+]=[N-])[C@]1(O[Si](C)(C)C(C)(C)C)C[C@@H](c2ccc([N+](=O)[O-])cc2)N2[C@@H](c3ccccc3)CC(=O)N21. The number of esters is 1. The van der Waals surface area contributed by atoms with Crippen LogP contribution >= 0.6 is 0 Å². The number of amides is 1. The molecule has 0 bridgehead atoms. The van der Waals surface area contributed by atoms with Gasteiger partial charge in [0.25, 0.3) is 11.4 Å². The molecule has 0 spiro atoms. The van der Waals surface area contributed by atoms with Crippen molar-refractivity contribution in [3.05, 3.63) is 81.4 Å². The van der Waals surface area contributed by atoms with Gasteiger partial charge in [0.1, 0.15) is 0 Å². The van der Waals surface area contributed by atoms with Gasteiger partial charge in [-0.2, -0.15) is 9.80 Å². The van der Waals surface area contributed by atoms with Gasteiger partial charge in [-0.25, -0.2) is 9.80 Å². The summed E-state index contributed by atoms with van der Waals surface area (Å²) in [6.45, 7) is 10.1. The molecular formula is C27H33N5O6Si. The van der Waals surface area contributed by atoms with E-state index in [4.69, 9.17) is 9.16 Å². The molecule has 4 rings (SSSR count). The lowest BCUT2D eigenvalue weighted by Crippen LogP contribution is -2.63. The van der Waals surface area contributed by atoms with Crippen molar-refractivity contribution in [3.8, 4) is 0 Å². The summed E-state index contributed by atoms with van der Waals surface area (Å²) in [6, 6.07) is 14.6. The number of nitrogens with zero attached hydrogens (tertiary/aromatic N) is 5. The van der Waals surface area contributed by atoms with Gasteiger partial charge < -0.3 is 14.7 Å². The van der Waals surface area contributed by atoms with Crippen molar-refractivity contribution in [3.63, 3.8) is 0 Å². The zero-order chi connectivity index (χ0) is 28.8. The number of nitro benzene ring substituents is 1. The highest BCUT2D eigenvalue weighted by Gasteiger charge is 2.69. The van der Waals surface area contributed by atoms with Crippen LogP contribution in [0.1, 0.15) is 56.8 Å². The van der Waals surface area contributed by atoms with Gasteiger partial charge in [-0.05, 0) is 29.3 Å². The molecule has 39 heavy (non-hydrogen) atoms. The van der Waals surface area contributed by atoms with Gasteiger partial charge in [0, 0.05) is 25.0 Å². The Morgan fingerprint density at radius 2 is 1.69 bits per heavy atom. The third-order valence-electron chi connectivity index (χ3n) is 8.04. The van der Waals surface area contributed by atoms with Crippen molar-refractivity contribution in [2.45, 2.75) is 69.6 Å². The predicted molar refractivity (Wildman–Crippen MR) is 145 cm³/mol. The molecule has 0 aromatic heterocycles. The van der Waals surface area contributed by atoms with E-state index >= 15 is 0 Å². The zero-order valence-electron chi connectivity index (χ0n) is 23.0. The summed E-state index contributed by atoms with van der Waals surface area (Å²) in [6.07, 6.45) is 0.136. The molecule has 0 radical (unpaired) electrons. The average Bonchev–Trinajstić information content (AvgIpc) is 3.40. The lowest BCUT2D eigenvalue weighted by atomic mass is 9.92. The fourth-order valence-corrected chi connectivity index (χ4v) is 6.53. The normalized spacial score (nSPS) is 23.3. The van der Waals surface area contributed by atoms with Crippen molar-refractivity contribution < 1.29 is 28.5 Å². The third kappa shape index (κ3) is 4.80. The van der Waals surface area contributed by atoms with E-state index in [1.807, 2.05) is 69.2 Å². The van der Waals surface area contributed by atoms with Crippen LogP contribution in [0.5, 0.6) is 0 Å². The number of carbonyl (C=O) groups is 2. The molecule has 206 valence electrons. The number of hydrogen-bond acceptors (Lipinski definition) is 7. The number of hydrogen-bond donors (Lipinski definition) is 0. The van der Waals surface area contributed by atoms with Crippen LogP contribution in [0, 0.1) is 10.1 Å². The van der Waals surface area contributed by atoms with E-state index < -0.39 is 42.7 Å². The Morgan fingerprint density at radius 3 is 2.21 bits per heavy atom. The van der Waals surface area contributed by atoms with Gasteiger partial charge >= 0.3 is 11.7 Å². The second kappa shape index (κ2) is 10.1. The van der Waals surface area contributed by atoms with E-state index in [9.17, 15) is 25.2 Å². The van der Waals surface area contributed by atoms with E-state index in [-0.39, 0.29) is 29.5 Å². The van der Waals surface area contributed by atoms with Crippen molar-refractivity contribution in [1.82, 2.24) is 10.0 Å². The van der Waals surface area contributed by atoms with Crippen LogP contribution in [0.4, 0.5) is 5.69 Å². The summed E-state index contributed by atoms with van der Waals surface area (Å²) in [5.41, 5.74) is 9.49. The minimum absolute atomic E-state index is 0.0425. The minimum Gasteiger partial charge on any atom is -0.460 e. The molecule has 2 fully saturated rings. The Hall–Kier alpha value is -3.70. The Balaban J connectivity index is 1.97. The lowest BCUT2D eigenvalue weighted by molar-refractivity contribution is -0.384. The first kappa shape index (κ1) is 28.3. The Labute approximate surface area is 228 Å². The average molecular weight is 552 g/mol. The van der Waals surface area contributed by atoms with Crippen LogP contribution in [0.2, 0.25) is 18.1 Å². The van der Waals surface area contributed by atoms with Gasteiger partial charge in [0.2, 0.25) is 5.91 Å². The number of ether oxygens (including phenoxy) is 1. The molecule has 2 aromatic carbocycles. The number of non-ortho nitro benzene ring substituents is 1. The second-order valence-corrected chi connectivity index (χ2v) is 16.1. The summed E-state index contributed by atoms with van der Waals surface area (Å²) in [7, 11) is -1.56. The van der Waals surface area contributed by atoms with Gasteiger partial charge in [-0.1, -0.05) is 63.2 Å². The lowest BCUT2D eigenvalue weighted by Gasteiger charge is -2.44. The van der Waals surface area contributed by atoms with Crippen LogP contribution in [-0.2, 0) is 18.8 Å². The Bertz CT molecular complexity index is 1340. The summed E-state index contributed by atoms with van der Waals surface area (Å²) in [5, 5.41) is 14.3. The molecule has 2 aromatic rings. The maximum absolute atomic E-state index is 13.9. The van der Waals surface area contributed by atoms with Gasteiger partial charge in [-0.3, -0.25) is 14.9 Å². The van der Waals surface area contributed by atoms with Gasteiger partial charge in [0.15, 0.2) is 8.32 Å². The van der Waals surface area contributed by atoms with E-state index in [1.54, 1.807) is 12.1 Å². The molecule has 0 saturated carbocycles. The van der Waals surface area contributed by atoms with Crippen molar-refractivity contribution in [2.75, 3.05) is 7.11 Å². The second-order valence-electron chi connectivity index (χ2n) is 11.4. The van der Waals surface area contributed by atoms with E-state index in [1.165, 1.54) is 24.3 Å². The predicted octanol–water partition coefficient (Wildman–Crippen LogP) is 4.79. The fourth-order valence-electron chi connectivity index (χ4n) is 5.12. The summed E-state index contributed by atoms with van der Waals surface area (Å²) >= 11 is 0. The van der Waals surface area contributed by atoms with Crippen molar-refractivity contribution in [2.24, 2.45) is 0 Å². The monoisotopic (exact) mass is 551 g/mol. The molecule has 3 atom stereocenters. The highest BCUT2D eigenvalue weighted by atomic mass is 28.4. The first-order chi connectivity index (χ1) is 18.3. The van der Waals surface area contributed by atoms with Crippen LogP contribution < -0.4 is 0 Å². The molecule has 2 aliphatic heterocycles. The molecule has 0 aliphatic carbocycles. The quantitative estimate of drug-likeness (QED) is 0.0917. The number of methoxy groups -OCH3 is 1. The summed E-state index contributed by atoms with van der Waals surface area (Å²) < 4.78 is 11.9. The maximum atomic E-state index is 13.9. The maximum Gasteiger partial charge on any atom is 0.428 e. The van der Waals surface area contributed by atoms with Gasteiger partial charge in [0.05, 0.1) is 24.1 Å². The first-order valence-electron chi connectivity index (χ1n) is 12.7. The topological polar surface area (TPSA) is 139 Å². The highest BCUT2D eigenvalue weighted by molar-refractivity contribution is 6.74. The molecule has 1 amide bonds. The largest absolute Gasteiger partial charge is 0.460 e. The van der Waals surface area contributed by atoms with Crippen LogP contribution in [0.15, 0.2) is 54.6 Å².